The Balaban J connectivity index is 2.18. The zero-order chi connectivity index (χ0) is 14.3. The predicted octanol–water partition coefficient (Wildman–Crippen LogP) is 4.16. The van der Waals surface area contributed by atoms with Crippen molar-refractivity contribution in [2.75, 3.05) is 16.8 Å². The number of nitrogens with zero attached hydrogens (tertiary/aromatic N) is 1. The molecule has 20 heavy (non-hydrogen) atoms. The van der Waals surface area contributed by atoms with Crippen LogP contribution in [0.4, 0.5) is 17.1 Å². The minimum Gasteiger partial charge on any atom is -0.330 e. The Morgan fingerprint density at radius 1 is 1.15 bits per heavy atom. The van der Waals surface area contributed by atoms with E-state index in [1.165, 1.54) is 11.1 Å². The van der Waals surface area contributed by atoms with E-state index >= 15 is 0 Å². The van der Waals surface area contributed by atoms with Crippen LogP contribution in [0.25, 0.3) is 0 Å². The molecule has 0 fully saturated rings. The maximum absolute atomic E-state index is 12.0. The van der Waals surface area contributed by atoms with Gasteiger partial charge in [0.1, 0.15) is 6.54 Å². The highest BCUT2D eigenvalue weighted by atomic mass is 79.9. The van der Waals surface area contributed by atoms with Crippen molar-refractivity contribution < 1.29 is 4.79 Å². The van der Waals surface area contributed by atoms with Crippen LogP contribution >= 0.6 is 15.9 Å². The third kappa shape index (κ3) is 2.20. The number of carbonyl (C=O) groups excluding carboxylic acids is 1. The third-order valence-electron chi connectivity index (χ3n) is 3.53. The van der Waals surface area contributed by atoms with Gasteiger partial charge in [-0.15, -0.1) is 0 Å². The van der Waals surface area contributed by atoms with Gasteiger partial charge in [0.25, 0.3) is 0 Å². The van der Waals surface area contributed by atoms with E-state index in [2.05, 4.69) is 52.1 Å². The van der Waals surface area contributed by atoms with E-state index in [4.69, 9.17) is 0 Å². The van der Waals surface area contributed by atoms with Crippen LogP contribution in [0.5, 0.6) is 0 Å². The summed E-state index contributed by atoms with van der Waals surface area (Å²) in [5.41, 5.74) is 5.34. The monoisotopic (exact) mass is 330 g/mol. The van der Waals surface area contributed by atoms with Gasteiger partial charge in [0, 0.05) is 10.2 Å². The molecule has 1 amide bonds. The van der Waals surface area contributed by atoms with Gasteiger partial charge in [0.15, 0.2) is 0 Å². The average molecular weight is 331 g/mol. The lowest BCUT2D eigenvalue weighted by Crippen LogP contribution is -2.35. The molecular formula is C16H15BrN2O. The Bertz CT molecular complexity index is 677. The summed E-state index contributed by atoms with van der Waals surface area (Å²) in [6, 6.07) is 12.2. The fraction of sp³-hybridized carbons (Fsp3) is 0.188. The molecule has 0 radical (unpaired) electrons. The van der Waals surface area contributed by atoms with Crippen LogP contribution in [-0.4, -0.2) is 12.5 Å². The van der Waals surface area contributed by atoms with Gasteiger partial charge in [-0.25, -0.2) is 0 Å². The molecule has 3 nitrogen and oxygen atoms in total. The highest BCUT2D eigenvalue weighted by Gasteiger charge is 2.25. The molecule has 1 N–H and O–H groups in total. The molecule has 3 rings (SSSR count). The van der Waals surface area contributed by atoms with Crippen molar-refractivity contribution in [2.45, 2.75) is 13.8 Å². The van der Waals surface area contributed by atoms with Crippen molar-refractivity contribution in [2.24, 2.45) is 0 Å². The van der Waals surface area contributed by atoms with E-state index in [-0.39, 0.29) is 5.91 Å². The number of para-hydroxylation sites is 1. The van der Waals surface area contributed by atoms with Gasteiger partial charge in [-0.05, 0) is 43.2 Å². The molecule has 0 aromatic heterocycles. The van der Waals surface area contributed by atoms with Gasteiger partial charge in [0.2, 0.25) is 5.91 Å². The first kappa shape index (κ1) is 13.2. The SMILES string of the molecule is Cc1cccc(C)c1N1CC(=O)Nc2cc(Br)ccc21. The normalized spacial score (nSPS) is 13.9. The molecule has 0 spiro atoms. The summed E-state index contributed by atoms with van der Waals surface area (Å²) in [7, 11) is 0. The third-order valence-corrected chi connectivity index (χ3v) is 4.03. The van der Waals surface area contributed by atoms with Crippen molar-refractivity contribution in [1.82, 2.24) is 0 Å². The molecule has 1 aliphatic rings. The smallest absolute Gasteiger partial charge is 0.244 e. The predicted molar refractivity (Wildman–Crippen MR) is 85.7 cm³/mol. The van der Waals surface area contributed by atoms with E-state index in [1.54, 1.807) is 0 Å². The van der Waals surface area contributed by atoms with Crippen LogP contribution in [0.1, 0.15) is 11.1 Å². The second-order valence-electron chi connectivity index (χ2n) is 5.04. The van der Waals surface area contributed by atoms with Crippen LogP contribution in [0.3, 0.4) is 0 Å². The highest BCUT2D eigenvalue weighted by molar-refractivity contribution is 9.10. The van der Waals surface area contributed by atoms with Crippen molar-refractivity contribution in [3.05, 3.63) is 52.0 Å². The summed E-state index contributed by atoms with van der Waals surface area (Å²) in [6.45, 7) is 4.50. The lowest BCUT2D eigenvalue weighted by molar-refractivity contribution is -0.115. The second-order valence-corrected chi connectivity index (χ2v) is 5.95. The Kier molecular flexibility index (Phi) is 3.26. The van der Waals surface area contributed by atoms with Gasteiger partial charge in [-0.2, -0.15) is 0 Å². The molecular weight excluding hydrogens is 316 g/mol. The molecule has 1 aliphatic heterocycles. The minimum absolute atomic E-state index is 0.0123. The number of carbonyl (C=O) groups is 1. The molecule has 0 aliphatic carbocycles. The molecule has 4 heteroatoms. The topological polar surface area (TPSA) is 32.3 Å². The molecule has 0 saturated carbocycles. The molecule has 0 unspecified atom stereocenters. The van der Waals surface area contributed by atoms with E-state index in [0.29, 0.717) is 6.54 Å². The first-order chi connectivity index (χ1) is 9.56. The van der Waals surface area contributed by atoms with Gasteiger partial charge in [-0.1, -0.05) is 34.1 Å². The maximum Gasteiger partial charge on any atom is 0.244 e. The number of fused-ring (bicyclic) bond motifs is 1. The number of hydrogen-bond donors (Lipinski definition) is 1. The lowest BCUT2D eigenvalue weighted by Gasteiger charge is -2.33. The Morgan fingerprint density at radius 3 is 2.55 bits per heavy atom. The number of nitrogens with one attached hydrogen (secondary N) is 1. The molecule has 0 bridgehead atoms. The van der Waals surface area contributed by atoms with Crippen LogP contribution in [0.15, 0.2) is 40.9 Å². The standard InChI is InChI=1S/C16H15BrN2O/c1-10-4-3-5-11(2)16(10)19-9-15(20)18-13-8-12(17)6-7-14(13)19/h3-8H,9H2,1-2H3,(H,18,20). The molecule has 0 saturated heterocycles. The van der Waals surface area contributed by atoms with Crippen molar-refractivity contribution in [3.8, 4) is 0 Å². The fourth-order valence-electron chi connectivity index (χ4n) is 2.69. The Labute approximate surface area is 126 Å². The summed E-state index contributed by atoms with van der Waals surface area (Å²) in [4.78, 5) is 14.1. The van der Waals surface area contributed by atoms with Crippen molar-refractivity contribution in [1.29, 1.82) is 0 Å². The number of hydrogen-bond acceptors (Lipinski definition) is 2. The van der Waals surface area contributed by atoms with E-state index in [1.807, 2.05) is 24.3 Å². The van der Waals surface area contributed by atoms with E-state index in [9.17, 15) is 4.79 Å². The van der Waals surface area contributed by atoms with Crippen LogP contribution in [0.2, 0.25) is 0 Å². The fourth-order valence-corrected chi connectivity index (χ4v) is 3.05. The summed E-state index contributed by atoms with van der Waals surface area (Å²) < 4.78 is 0.958. The Hall–Kier alpha value is -1.81. The van der Waals surface area contributed by atoms with Crippen LogP contribution in [0, 0.1) is 13.8 Å². The van der Waals surface area contributed by atoms with E-state index in [0.717, 1.165) is 21.5 Å². The van der Waals surface area contributed by atoms with Crippen LogP contribution < -0.4 is 10.2 Å². The number of benzene rings is 2. The number of halogens is 1. The second kappa shape index (κ2) is 4.94. The van der Waals surface area contributed by atoms with Gasteiger partial charge < -0.3 is 10.2 Å². The first-order valence-corrected chi connectivity index (χ1v) is 7.29. The summed E-state index contributed by atoms with van der Waals surface area (Å²) in [6.07, 6.45) is 0. The zero-order valence-electron chi connectivity index (χ0n) is 11.4. The van der Waals surface area contributed by atoms with Gasteiger partial charge in [-0.3, -0.25) is 4.79 Å². The zero-order valence-corrected chi connectivity index (χ0v) is 13.0. The quantitative estimate of drug-likeness (QED) is 0.851. The summed E-state index contributed by atoms with van der Waals surface area (Å²) in [5.74, 6) is 0.0123. The largest absolute Gasteiger partial charge is 0.330 e. The first-order valence-electron chi connectivity index (χ1n) is 6.49. The molecule has 1 heterocycles. The maximum atomic E-state index is 12.0. The molecule has 102 valence electrons. The lowest BCUT2D eigenvalue weighted by atomic mass is 10.1. The molecule has 2 aromatic rings. The number of amides is 1. The van der Waals surface area contributed by atoms with Crippen molar-refractivity contribution >= 4 is 38.9 Å². The molecule has 0 atom stereocenters. The number of aryl methyl sites for hydroxylation is 2. The van der Waals surface area contributed by atoms with Gasteiger partial charge in [0.05, 0.1) is 11.4 Å². The van der Waals surface area contributed by atoms with Gasteiger partial charge >= 0.3 is 0 Å². The highest BCUT2D eigenvalue weighted by Crippen LogP contribution is 2.39. The Morgan fingerprint density at radius 2 is 1.85 bits per heavy atom. The number of rotatable bonds is 1. The van der Waals surface area contributed by atoms with Crippen molar-refractivity contribution in [3.63, 3.8) is 0 Å². The minimum atomic E-state index is 0.0123. The number of anilines is 3. The van der Waals surface area contributed by atoms with Crippen LogP contribution in [-0.2, 0) is 4.79 Å². The molecule has 2 aromatic carbocycles. The van der Waals surface area contributed by atoms with E-state index < -0.39 is 0 Å². The summed E-state index contributed by atoms with van der Waals surface area (Å²) >= 11 is 3.45. The summed E-state index contributed by atoms with van der Waals surface area (Å²) in [5, 5.41) is 2.93. The average Bonchev–Trinajstić information content (AvgIpc) is 2.37.